The van der Waals surface area contributed by atoms with Crippen LogP contribution in [0.2, 0.25) is 0 Å². The third-order valence-corrected chi connectivity index (χ3v) is 3.92. The van der Waals surface area contributed by atoms with Crippen LogP contribution in [0.15, 0.2) is 29.4 Å². The fourth-order valence-electron chi connectivity index (χ4n) is 2.37. The van der Waals surface area contributed by atoms with Crippen molar-refractivity contribution in [2.24, 2.45) is 10.8 Å². The van der Waals surface area contributed by atoms with Gasteiger partial charge in [-0.25, -0.2) is 0 Å². The fraction of sp³-hybridized carbons (Fsp3) is 0.438. The summed E-state index contributed by atoms with van der Waals surface area (Å²) in [6.45, 7) is 5.61. The number of hydrogen-bond donors (Lipinski definition) is 3. The van der Waals surface area contributed by atoms with Gasteiger partial charge in [0.15, 0.2) is 5.84 Å². The van der Waals surface area contributed by atoms with E-state index in [9.17, 15) is 0 Å². The van der Waals surface area contributed by atoms with Gasteiger partial charge in [0, 0.05) is 32.7 Å². The van der Waals surface area contributed by atoms with Gasteiger partial charge < -0.3 is 15.5 Å². The molecule has 7 heteroatoms. The fourth-order valence-corrected chi connectivity index (χ4v) is 2.37. The monoisotopic (exact) mass is 313 g/mol. The molecule has 1 aromatic rings. The van der Waals surface area contributed by atoms with E-state index in [1.54, 1.807) is 6.07 Å². The number of nitrogens with zero attached hydrogens (tertiary/aromatic N) is 4. The highest BCUT2D eigenvalue weighted by molar-refractivity contribution is 6.45. The number of hydrogen-bond acceptors (Lipinski definition) is 6. The molecule has 1 aliphatic heterocycles. The Kier molecular flexibility index (Phi) is 6.09. The van der Waals surface area contributed by atoms with Gasteiger partial charge in [0.2, 0.25) is 5.71 Å². The zero-order valence-electron chi connectivity index (χ0n) is 13.4. The van der Waals surface area contributed by atoms with Crippen LogP contribution in [0.4, 0.5) is 5.69 Å². The van der Waals surface area contributed by atoms with Gasteiger partial charge in [0.05, 0.1) is 5.69 Å². The molecule has 1 fully saturated rings. The van der Waals surface area contributed by atoms with E-state index in [0.29, 0.717) is 0 Å². The van der Waals surface area contributed by atoms with Gasteiger partial charge in [-0.05, 0) is 31.2 Å². The quantitative estimate of drug-likeness (QED) is 0.407. The summed E-state index contributed by atoms with van der Waals surface area (Å²) in [6, 6.07) is 9.70. The first kappa shape index (κ1) is 16.9. The number of nitrogens with one attached hydrogen (secondary N) is 2. The van der Waals surface area contributed by atoms with E-state index in [1.165, 1.54) is 5.56 Å². The Morgan fingerprint density at radius 1 is 1.30 bits per heavy atom. The normalized spacial score (nSPS) is 16.8. The summed E-state index contributed by atoms with van der Waals surface area (Å²) in [6.07, 6.45) is 1.02. The Labute approximate surface area is 136 Å². The van der Waals surface area contributed by atoms with E-state index in [-0.39, 0.29) is 11.5 Å². The average Bonchev–Trinajstić information content (AvgIpc) is 2.56. The lowest BCUT2D eigenvalue weighted by Crippen LogP contribution is -2.45. The first-order valence-electron chi connectivity index (χ1n) is 7.66. The molecule has 0 atom stereocenters. The molecular formula is C16H23N7. The van der Waals surface area contributed by atoms with Crippen molar-refractivity contribution in [3.63, 3.8) is 0 Å². The SMILES string of the molecule is CN1CCN(CCc2ccc(N/N=C(\C#N)C(=N)N)cc2)CC1. The Balaban J connectivity index is 1.83. The Hall–Kier alpha value is -2.43. The van der Waals surface area contributed by atoms with Gasteiger partial charge in [0.1, 0.15) is 6.07 Å². The molecule has 7 nitrogen and oxygen atoms in total. The summed E-state index contributed by atoms with van der Waals surface area (Å²) in [5, 5.41) is 19.8. The molecule has 23 heavy (non-hydrogen) atoms. The van der Waals surface area contributed by atoms with E-state index in [4.69, 9.17) is 16.4 Å². The van der Waals surface area contributed by atoms with Crippen LogP contribution in [-0.4, -0.2) is 61.1 Å². The van der Waals surface area contributed by atoms with Crippen LogP contribution in [0.1, 0.15) is 5.56 Å². The summed E-state index contributed by atoms with van der Waals surface area (Å²) in [4.78, 5) is 4.84. The average molecular weight is 313 g/mol. The third kappa shape index (κ3) is 5.36. The molecule has 0 spiro atoms. The zero-order valence-corrected chi connectivity index (χ0v) is 13.4. The van der Waals surface area contributed by atoms with Gasteiger partial charge in [0.25, 0.3) is 0 Å². The van der Waals surface area contributed by atoms with Crippen molar-refractivity contribution in [1.82, 2.24) is 9.80 Å². The smallest absolute Gasteiger partial charge is 0.201 e. The van der Waals surface area contributed by atoms with Crippen LogP contribution in [0.25, 0.3) is 0 Å². The number of benzene rings is 1. The molecule has 0 radical (unpaired) electrons. The largest absolute Gasteiger partial charge is 0.382 e. The van der Waals surface area contributed by atoms with Crippen molar-refractivity contribution >= 4 is 17.2 Å². The Morgan fingerprint density at radius 2 is 1.96 bits per heavy atom. The molecule has 1 heterocycles. The predicted molar refractivity (Wildman–Crippen MR) is 92.7 cm³/mol. The summed E-state index contributed by atoms with van der Waals surface area (Å²) in [7, 11) is 2.16. The maximum Gasteiger partial charge on any atom is 0.201 e. The lowest BCUT2D eigenvalue weighted by molar-refractivity contribution is 0.155. The van der Waals surface area contributed by atoms with Crippen LogP contribution in [0.5, 0.6) is 0 Å². The van der Waals surface area contributed by atoms with Crippen molar-refractivity contribution in [3.05, 3.63) is 29.8 Å². The maximum atomic E-state index is 8.78. The molecule has 122 valence electrons. The number of nitriles is 1. The number of hydrazone groups is 1. The van der Waals surface area contributed by atoms with Gasteiger partial charge in [-0.3, -0.25) is 10.8 Å². The van der Waals surface area contributed by atoms with Gasteiger partial charge in [-0.2, -0.15) is 10.4 Å². The lowest BCUT2D eigenvalue weighted by Gasteiger charge is -2.32. The number of amidine groups is 1. The number of piperazine rings is 1. The van der Waals surface area contributed by atoms with E-state index in [1.807, 2.05) is 24.3 Å². The highest BCUT2D eigenvalue weighted by Crippen LogP contribution is 2.11. The summed E-state index contributed by atoms with van der Waals surface area (Å²) >= 11 is 0. The molecule has 0 aromatic heterocycles. The van der Waals surface area contributed by atoms with Crippen LogP contribution in [0.3, 0.4) is 0 Å². The van der Waals surface area contributed by atoms with E-state index in [2.05, 4.69) is 27.4 Å². The Bertz CT molecular complexity index is 592. The van der Waals surface area contributed by atoms with E-state index >= 15 is 0 Å². The molecule has 4 N–H and O–H groups in total. The van der Waals surface area contributed by atoms with Crippen molar-refractivity contribution < 1.29 is 0 Å². The number of anilines is 1. The van der Waals surface area contributed by atoms with Gasteiger partial charge in [-0.1, -0.05) is 12.1 Å². The molecule has 0 bridgehead atoms. The minimum Gasteiger partial charge on any atom is -0.382 e. The van der Waals surface area contributed by atoms with Crippen LogP contribution >= 0.6 is 0 Å². The molecular weight excluding hydrogens is 290 g/mol. The molecule has 0 amide bonds. The highest BCUT2D eigenvalue weighted by Gasteiger charge is 2.13. The van der Waals surface area contributed by atoms with Gasteiger partial charge in [-0.15, -0.1) is 0 Å². The second-order valence-electron chi connectivity index (χ2n) is 5.69. The maximum absolute atomic E-state index is 8.78. The second kappa shape index (κ2) is 8.27. The third-order valence-electron chi connectivity index (χ3n) is 3.92. The molecule has 0 unspecified atom stereocenters. The standard InChI is InChI=1S/C16H23N7/c1-22-8-10-23(11-9-22)7-6-13-2-4-14(5-3-13)20-21-15(12-17)16(18)19/h2-5,20H,6-11H2,1H3,(H3,18,19)/b21-15+. The van der Waals surface area contributed by atoms with Crippen LogP contribution in [-0.2, 0) is 6.42 Å². The minimum atomic E-state index is -0.344. The summed E-state index contributed by atoms with van der Waals surface area (Å²) in [5.41, 5.74) is 9.89. The van der Waals surface area contributed by atoms with Crippen LogP contribution in [0, 0.1) is 16.7 Å². The summed E-state index contributed by atoms with van der Waals surface area (Å²) < 4.78 is 0. The molecule has 0 saturated carbocycles. The lowest BCUT2D eigenvalue weighted by atomic mass is 10.1. The zero-order chi connectivity index (χ0) is 16.7. The molecule has 0 aliphatic carbocycles. The van der Waals surface area contributed by atoms with Gasteiger partial charge >= 0.3 is 0 Å². The number of likely N-dealkylation sites (N-methyl/N-ethyl adjacent to an activating group) is 1. The predicted octanol–water partition coefficient (Wildman–Crippen LogP) is 0.704. The Morgan fingerprint density at radius 3 is 2.52 bits per heavy atom. The second-order valence-corrected chi connectivity index (χ2v) is 5.69. The summed E-state index contributed by atoms with van der Waals surface area (Å²) in [5.74, 6) is -0.344. The van der Waals surface area contributed by atoms with Crippen molar-refractivity contribution in [2.45, 2.75) is 6.42 Å². The molecule has 1 aromatic carbocycles. The highest BCUT2D eigenvalue weighted by atomic mass is 15.3. The molecule has 1 saturated heterocycles. The molecule has 2 rings (SSSR count). The van der Waals surface area contributed by atoms with Crippen molar-refractivity contribution in [1.29, 1.82) is 10.7 Å². The topological polar surface area (TPSA) is 105 Å². The minimum absolute atomic E-state index is 0.121. The molecule has 1 aliphatic rings. The van der Waals surface area contributed by atoms with E-state index < -0.39 is 0 Å². The number of nitrogens with two attached hydrogens (primary N) is 1. The van der Waals surface area contributed by atoms with Crippen molar-refractivity contribution in [3.8, 4) is 6.07 Å². The number of rotatable bonds is 6. The first-order chi connectivity index (χ1) is 11.1. The van der Waals surface area contributed by atoms with Crippen LogP contribution < -0.4 is 11.2 Å². The van der Waals surface area contributed by atoms with Crippen molar-refractivity contribution in [2.75, 3.05) is 45.2 Å². The van der Waals surface area contributed by atoms with E-state index in [0.717, 1.165) is 44.8 Å². The first-order valence-corrected chi connectivity index (χ1v) is 7.66.